The van der Waals surface area contributed by atoms with E-state index in [1.54, 1.807) is 0 Å². The molecule has 0 aliphatic rings. The van der Waals surface area contributed by atoms with E-state index in [-0.39, 0.29) is 0 Å². The number of unbranched alkanes of at least 4 members (excludes halogenated alkanes) is 4. The minimum absolute atomic E-state index is 0.582. The second-order valence-corrected chi connectivity index (χ2v) is 5.30. The van der Waals surface area contributed by atoms with Crippen molar-refractivity contribution in [2.75, 3.05) is 13.6 Å². The first-order chi connectivity index (χ1) is 7.74. The molecule has 16 heavy (non-hydrogen) atoms. The van der Waals surface area contributed by atoms with Crippen LogP contribution in [0, 0.1) is 5.41 Å². The van der Waals surface area contributed by atoms with Crippen molar-refractivity contribution in [3.8, 4) is 0 Å². The summed E-state index contributed by atoms with van der Waals surface area (Å²) in [6, 6.07) is 0. The van der Waals surface area contributed by atoms with Crippen molar-refractivity contribution in [1.82, 2.24) is 5.32 Å². The zero-order chi connectivity index (χ0) is 12.3. The Morgan fingerprint density at radius 3 is 1.94 bits per heavy atom. The minimum atomic E-state index is 0.582. The van der Waals surface area contributed by atoms with Gasteiger partial charge in [-0.2, -0.15) is 0 Å². The quantitative estimate of drug-likeness (QED) is 0.502. The lowest BCUT2D eigenvalue weighted by Crippen LogP contribution is -2.32. The third-order valence-electron chi connectivity index (χ3n) is 3.92. The van der Waals surface area contributed by atoms with Crippen molar-refractivity contribution < 1.29 is 0 Å². The summed E-state index contributed by atoms with van der Waals surface area (Å²) in [5.41, 5.74) is 0.582. The van der Waals surface area contributed by atoms with E-state index in [1.165, 1.54) is 64.3 Å². The smallest absolute Gasteiger partial charge is 0.000470 e. The lowest BCUT2D eigenvalue weighted by Gasteiger charge is -2.33. The van der Waals surface area contributed by atoms with Gasteiger partial charge in [0.2, 0.25) is 0 Å². The molecule has 0 aliphatic heterocycles. The van der Waals surface area contributed by atoms with Crippen molar-refractivity contribution in [2.45, 2.75) is 78.6 Å². The van der Waals surface area contributed by atoms with E-state index in [1.807, 2.05) is 0 Å². The number of nitrogens with one attached hydrogen (secondary N) is 1. The Bertz CT molecular complexity index is 144. The van der Waals surface area contributed by atoms with Gasteiger partial charge in [0.05, 0.1) is 0 Å². The van der Waals surface area contributed by atoms with Crippen LogP contribution in [0.15, 0.2) is 0 Å². The highest BCUT2D eigenvalue weighted by molar-refractivity contribution is 4.79. The van der Waals surface area contributed by atoms with Gasteiger partial charge in [0, 0.05) is 6.54 Å². The molecule has 0 aromatic heterocycles. The fourth-order valence-electron chi connectivity index (χ4n) is 2.63. The lowest BCUT2D eigenvalue weighted by atomic mass is 9.76. The average Bonchev–Trinajstić information content (AvgIpc) is 2.31. The summed E-state index contributed by atoms with van der Waals surface area (Å²) in [4.78, 5) is 0. The van der Waals surface area contributed by atoms with Gasteiger partial charge in [-0.25, -0.2) is 0 Å². The molecule has 0 saturated carbocycles. The molecule has 1 heteroatoms. The van der Waals surface area contributed by atoms with E-state index in [0.29, 0.717) is 5.41 Å². The van der Waals surface area contributed by atoms with Gasteiger partial charge in [-0.15, -0.1) is 0 Å². The van der Waals surface area contributed by atoms with E-state index in [9.17, 15) is 0 Å². The van der Waals surface area contributed by atoms with Crippen LogP contribution in [0.5, 0.6) is 0 Å². The van der Waals surface area contributed by atoms with E-state index in [4.69, 9.17) is 0 Å². The first-order valence-corrected chi connectivity index (χ1v) is 7.39. The maximum absolute atomic E-state index is 3.41. The molecule has 0 rings (SSSR count). The van der Waals surface area contributed by atoms with Gasteiger partial charge in [-0.05, 0) is 31.7 Å². The monoisotopic (exact) mass is 227 g/mol. The van der Waals surface area contributed by atoms with Gasteiger partial charge < -0.3 is 5.32 Å². The Labute approximate surface area is 103 Å². The maximum atomic E-state index is 3.41. The Morgan fingerprint density at radius 1 is 0.812 bits per heavy atom. The largest absolute Gasteiger partial charge is 0.319 e. The van der Waals surface area contributed by atoms with Crippen LogP contribution in [0.1, 0.15) is 78.6 Å². The van der Waals surface area contributed by atoms with Crippen LogP contribution in [-0.2, 0) is 0 Å². The number of hydrogen-bond donors (Lipinski definition) is 1. The van der Waals surface area contributed by atoms with Crippen molar-refractivity contribution in [1.29, 1.82) is 0 Å². The molecular weight excluding hydrogens is 194 g/mol. The molecule has 1 atom stereocenters. The van der Waals surface area contributed by atoms with Crippen LogP contribution >= 0.6 is 0 Å². The predicted molar refractivity (Wildman–Crippen MR) is 74.9 cm³/mol. The first-order valence-electron chi connectivity index (χ1n) is 7.39. The Balaban J connectivity index is 4.04. The van der Waals surface area contributed by atoms with E-state index >= 15 is 0 Å². The highest BCUT2D eigenvalue weighted by Crippen LogP contribution is 2.34. The van der Waals surface area contributed by atoms with Crippen molar-refractivity contribution >= 4 is 0 Å². The van der Waals surface area contributed by atoms with Gasteiger partial charge in [-0.1, -0.05) is 59.3 Å². The molecule has 0 aromatic carbocycles. The molecule has 0 bridgehead atoms. The maximum Gasteiger partial charge on any atom is 0.000470 e. The molecular formula is C15H33N. The zero-order valence-corrected chi connectivity index (χ0v) is 12.1. The fraction of sp³-hybridized carbons (Fsp3) is 1.00. The molecule has 0 fully saturated rings. The second-order valence-electron chi connectivity index (χ2n) is 5.30. The van der Waals surface area contributed by atoms with Crippen molar-refractivity contribution in [3.63, 3.8) is 0 Å². The van der Waals surface area contributed by atoms with Crippen LogP contribution < -0.4 is 5.32 Å². The van der Waals surface area contributed by atoms with E-state index in [0.717, 1.165) is 0 Å². The van der Waals surface area contributed by atoms with Crippen LogP contribution in [0.2, 0.25) is 0 Å². The predicted octanol–water partition coefficient (Wildman–Crippen LogP) is 4.76. The van der Waals surface area contributed by atoms with Gasteiger partial charge >= 0.3 is 0 Å². The van der Waals surface area contributed by atoms with Gasteiger partial charge in [0.25, 0.3) is 0 Å². The van der Waals surface area contributed by atoms with Gasteiger partial charge in [0.15, 0.2) is 0 Å². The van der Waals surface area contributed by atoms with Crippen LogP contribution in [0.3, 0.4) is 0 Å². The molecule has 1 N–H and O–H groups in total. The second kappa shape index (κ2) is 10.1. The van der Waals surface area contributed by atoms with Crippen LogP contribution in [0.4, 0.5) is 0 Å². The van der Waals surface area contributed by atoms with Crippen molar-refractivity contribution in [2.24, 2.45) is 5.41 Å². The highest BCUT2D eigenvalue weighted by Gasteiger charge is 2.25. The molecule has 0 aliphatic carbocycles. The zero-order valence-electron chi connectivity index (χ0n) is 12.1. The lowest BCUT2D eigenvalue weighted by molar-refractivity contribution is 0.209. The fourth-order valence-corrected chi connectivity index (χ4v) is 2.63. The Hall–Kier alpha value is -0.0400. The summed E-state index contributed by atoms with van der Waals surface area (Å²) >= 11 is 0. The van der Waals surface area contributed by atoms with E-state index < -0.39 is 0 Å². The average molecular weight is 227 g/mol. The Kier molecular flexibility index (Phi) is 10.1. The van der Waals surface area contributed by atoms with Crippen molar-refractivity contribution in [3.05, 3.63) is 0 Å². The SMILES string of the molecule is CCCCCCC(CC)(CCCC)CNC. The van der Waals surface area contributed by atoms with Crippen LogP contribution in [0.25, 0.3) is 0 Å². The third kappa shape index (κ3) is 6.52. The summed E-state index contributed by atoms with van der Waals surface area (Å²) in [6.07, 6.45) is 12.5. The number of hydrogen-bond acceptors (Lipinski definition) is 1. The first kappa shape index (κ1) is 16.0. The molecule has 1 nitrogen and oxygen atoms in total. The molecule has 0 spiro atoms. The summed E-state index contributed by atoms with van der Waals surface area (Å²) in [5, 5.41) is 3.41. The highest BCUT2D eigenvalue weighted by atomic mass is 14.8. The minimum Gasteiger partial charge on any atom is -0.319 e. The molecule has 98 valence electrons. The van der Waals surface area contributed by atoms with E-state index in [2.05, 4.69) is 33.1 Å². The molecule has 1 unspecified atom stereocenters. The summed E-state index contributed by atoms with van der Waals surface area (Å²) in [5.74, 6) is 0. The topological polar surface area (TPSA) is 12.0 Å². The summed E-state index contributed by atoms with van der Waals surface area (Å²) in [6.45, 7) is 8.16. The molecule has 0 saturated heterocycles. The standard InChI is InChI=1S/C15H33N/c1-5-8-10-11-13-15(7-3,14-16-4)12-9-6-2/h16H,5-14H2,1-4H3. The third-order valence-corrected chi connectivity index (χ3v) is 3.92. The summed E-state index contributed by atoms with van der Waals surface area (Å²) < 4.78 is 0. The molecule has 0 radical (unpaired) electrons. The van der Waals surface area contributed by atoms with Crippen LogP contribution in [-0.4, -0.2) is 13.6 Å². The van der Waals surface area contributed by atoms with Gasteiger partial charge in [-0.3, -0.25) is 0 Å². The van der Waals surface area contributed by atoms with Gasteiger partial charge in [0.1, 0.15) is 0 Å². The molecule has 0 aromatic rings. The number of rotatable bonds is 11. The normalized spacial score (nSPS) is 15.0. The molecule has 0 heterocycles. The molecule has 0 amide bonds. The summed E-state index contributed by atoms with van der Waals surface area (Å²) in [7, 11) is 2.10. The Morgan fingerprint density at radius 2 is 1.44 bits per heavy atom.